The number of carbonyl (C=O) groups excluding carboxylic acids is 4. The minimum atomic E-state index is -0.149. The standard InChI is InChI=1S/C42H56N2O2S4.C19H9NO2S4.C12H25I/c1-5-9-13-15-19-29(17-11-7-3)27-43-39(35-25-33-31(49-35)21-23-47-33)37-38(41(43)45)40(36-26-34-32(50-36)22-24-48-34)44(42(37)46)28-30(18-12-8-4)20-16-14-10-6-2;21-9-5-8(12-6-13-10(25-12)1-3-23-13)16-17(9)18(20-19(16)22)15-7-14-11(26-15)2-4-24-14;1-3-5-7-8-10-12(11-13)9-6-4-2/h21-26,29-30H,5-20,27-28H2,1-4H3;1-4,6-7H,5H2,(H,20,22);12H,3-11H2,1-2H3. The molecule has 16 heteroatoms. The minimum Gasteiger partial charge on any atom is -0.320 e. The lowest BCUT2D eigenvalue weighted by Gasteiger charge is -2.29. The summed E-state index contributed by atoms with van der Waals surface area (Å²) in [5.41, 5.74) is 5.81. The van der Waals surface area contributed by atoms with Crippen LogP contribution in [0.25, 0.3) is 60.3 Å². The van der Waals surface area contributed by atoms with Gasteiger partial charge in [-0.2, -0.15) is 0 Å². The van der Waals surface area contributed by atoms with Gasteiger partial charge in [0.25, 0.3) is 17.7 Å². The van der Waals surface area contributed by atoms with Crippen molar-refractivity contribution in [3.8, 4) is 0 Å². The molecule has 4 aliphatic rings. The molecule has 89 heavy (non-hydrogen) atoms. The molecule has 0 saturated heterocycles. The first-order chi connectivity index (χ1) is 43.5. The van der Waals surface area contributed by atoms with Crippen LogP contribution in [0, 0.1) is 17.8 Å². The Morgan fingerprint density at radius 1 is 0.416 bits per heavy atom. The van der Waals surface area contributed by atoms with Crippen LogP contribution in [-0.4, -0.2) is 50.8 Å². The molecule has 8 aromatic rings. The number of nitrogens with one attached hydrogen (secondary N) is 1. The van der Waals surface area contributed by atoms with Gasteiger partial charge in [-0.1, -0.05) is 180 Å². The molecular formula is C73H90IN3O4S8. The number of unbranched alkanes of at least 4 members (excludes halogenated alkanes) is 12. The molecule has 0 bridgehead atoms. The Labute approximate surface area is 575 Å². The number of rotatable bonds is 33. The van der Waals surface area contributed by atoms with Crippen LogP contribution in [-0.2, 0) is 19.2 Å². The SMILES string of the molecule is CCCCCCC(CCCC)CN1C(=O)C2=C(c3cc4sccc4s3)N(CC(CCCC)CCCCCC)C(=O)C2=C1c1cc2sccc2s1.CCCCCCC(CI)CCCC.O=C1CC(c2cc3sccc3s2)=C2C(=O)NC(c3cc4sccc4s3)=C12. The first kappa shape index (κ1) is 68.3. The van der Waals surface area contributed by atoms with Gasteiger partial charge in [-0.15, -0.1) is 90.7 Å². The van der Waals surface area contributed by atoms with E-state index >= 15 is 9.59 Å². The fraction of sp³-hybridized carbons (Fsp3) is 0.507. The lowest BCUT2D eigenvalue weighted by atomic mass is 9.94. The Kier molecular flexibility index (Phi) is 25.7. The van der Waals surface area contributed by atoms with E-state index < -0.39 is 0 Å². The highest BCUT2D eigenvalue weighted by molar-refractivity contribution is 14.1. The number of hydrogen-bond donors (Lipinski definition) is 1. The van der Waals surface area contributed by atoms with E-state index in [2.05, 4.69) is 149 Å². The second kappa shape index (κ2) is 33.5. The van der Waals surface area contributed by atoms with E-state index in [-0.39, 0.29) is 23.5 Å². The summed E-state index contributed by atoms with van der Waals surface area (Å²) in [7, 11) is 0. The molecule has 0 saturated carbocycles. The van der Waals surface area contributed by atoms with Crippen molar-refractivity contribution in [1.82, 2.24) is 15.1 Å². The van der Waals surface area contributed by atoms with E-state index in [0.717, 1.165) is 80.9 Å². The molecule has 3 aliphatic heterocycles. The second-order valence-electron chi connectivity index (χ2n) is 24.7. The van der Waals surface area contributed by atoms with Gasteiger partial charge >= 0.3 is 0 Å². The second-order valence-corrected chi connectivity index (χ2v) is 33.7. The van der Waals surface area contributed by atoms with Crippen molar-refractivity contribution in [2.75, 3.05) is 17.5 Å². The molecule has 0 aromatic carbocycles. The van der Waals surface area contributed by atoms with Crippen molar-refractivity contribution >= 4 is 197 Å². The Hall–Kier alpha value is -3.59. The van der Waals surface area contributed by atoms with Crippen LogP contribution in [0.5, 0.6) is 0 Å². The molecule has 3 atom stereocenters. The highest BCUT2D eigenvalue weighted by atomic mass is 127. The van der Waals surface area contributed by atoms with E-state index in [1.165, 1.54) is 158 Å². The van der Waals surface area contributed by atoms with E-state index in [0.29, 0.717) is 59.3 Å². The Bertz CT molecular complexity index is 3480. The monoisotopic (exact) mass is 1460 g/mol. The zero-order valence-corrected chi connectivity index (χ0v) is 61.8. The number of allylic oxidation sites excluding steroid dienone is 1. The van der Waals surface area contributed by atoms with Crippen molar-refractivity contribution < 1.29 is 19.2 Å². The number of thiophene rings is 8. The molecule has 0 fully saturated rings. The Morgan fingerprint density at radius 3 is 1.18 bits per heavy atom. The largest absolute Gasteiger partial charge is 0.320 e. The number of carbonyl (C=O) groups is 4. The van der Waals surface area contributed by atoms with Crippen LogP contribution in [0.3, 0.4) is 0 Å². The number of ketones is 1. The van der Waals surface area contributed by atoms with Gasteiger partial charge in [0.15, 0.2) is 5.78 Å². The summed E-state index contributed by atoms with van der Waals surface area (Å²) < 4.78 is 11.1. The summed E-state index contributed by atoms with van der Waals surface area (Å²) in [4.78, 5) is 64.0. The fourth-order valence-corrected chi connectivity index (χ4v) is 22.6. The highest BCUT2D eigenvalue weighted by Crippen LogP contribution is 2.52. The fourth-order valence-electron chi connectivity index (χ4n) is 13.1. The Balaban J connectivity index is 0.000000184. The van der Waals surface area contributed by atoms with Crippen LogP contribution in [0.1, 0.15) is 222 Å². The van der Waals surface area contributed by atoms with Crippen molar-refractivity contribution in [3.05, 3.63) is 112 Å². The third-order valence-corrected chi connectivity index (χ3v) is 27.7. The van der Waals surface area contributed by atoms with Gasteiger partial charge in [0.2, 0.25) is 0 Å². The molecule has 12 rings (SSSR count). The van der Waals surface area contributed by atoms with E-state index in [4.69, 9.17) is 0 Å². The number of alkyl halides is 1. The van der Waals surface area contributed by atoms with Crippen molar-refractivity contribution in [2.24, 2.45) is 17.8 Å². The molecule has 476 valence electrons. The van der Waals surface area contributed by atoms with Gasteiger partial charge in [-0.3, -0.25) is 19.2 Å². The summed E-state index contributed by atoms with van der Waals surface area (Å²) in [6.07, 6.45) is 30.8. The van der Waals surface area contributed by atoms with Crippen molar-refractivity contribution in [3.63, 3.8) is 0 Å². The maximum Gasteiger partial charge on any atom is 0.261 e. The van der Waals surface area contributed by atoms with Gasteiger partial charge in [0.1, 0.15) is 0 Å². The number of nitrogens with zero attached hydrogens (tertiary/aromatic N) is 2. The summed E-state index contributed by atoms with van der Waals surface area (Å²) >= 11 is 16.2. The topological polar surface area (TPSA) is 86.8 Å². The summed E-state index contributed by atoms with van der Waals surface area (Å²) in [6, 6.07) is 17.2. The first-order valence-electron chi connectivity index (χ1n) is 33.4. The minimum absolute atomic E-state index is 0.0388. The van der Waals surface area contributed by atoms with Gasteiger partial charge in [0, 0.05) is 66.4 Å². The van der Waals surface area contributed by atoms with Crippen molar-refractivity contribution in [2.45, 2.75) is 202 Å². The molecule has 0 spiro atoms. The average molecular weight is 1460 g/mol. The molecule has 3 unspecified atom stereocenters. The molecule has 11 heterocycles. The number of amides is 3. The van der Waals surface area contributed by atoms with Gasteiger partial charge in [0.05, 0.1) is 54.0 Å². The number of fused-ring (bicyclic) bond motifs is 6. The molecule has 1 aliphatic carbocycles. The average Bonchev–Trinajstić information content (AvgIpc) is 1.56. The van der Waals surface area contributed by atoms with Gasteiger partial charge in [-0.05, 0) is 132 Å². The predicted octanol–water partition coefficient (Wildman–Crippen LogP) is 24.3. The van der Waals surface area contributed by atoms with Gasteiger partial charge in [-0.25, -0.2) is 0 Å². The molecule has 0 radical (unpaired) electrons. The van der Waals surface area contributed by atoms with Crippen LogP contribution in [0.2, 0.25) is 0 Å². The van der Waals surface area contributed by atoms with Crippen LogP contribution in [0.15, 0.2) is 92.3 Å². The van der Waals surface area contributed by atoms with Crippen molar-refractivity contribution in [1.29, 1.82) is 0 Å². The molecule has 8 aromatic heterocycles. The third kappa shape index (κ3) is 16.1. The lowest BCUT2D eigenvalue weighted by Crippen LogP contribution is -2.34. The summed E-state index contributed by atoms with van der Waals surface area (Å²) in [6.45, 7) is 15.0. The third-order valence-electron chi connectivity index (χ3n) is 18.0. The number of halogens is 1. The first-order valence-corrected chi connectivity index (χ1v) is 41.7. The molecule has 7 nitrogen and oxygen atoms in total. The molecule has 1 N–H and O–H groups in total. The zero-order valence-electron chi connectivity index (χ0n) is 53.1. The maximum absolute atomic E-state index is 15.1. The quantitative estimate of drug-likeness (QED) is 0.0252. The van der Waals surface area contributed by atoms with Crippen LogP contribution in [0.4, 0.5) is 0 Å². The van der Waals surface area contributed by atoms with Crippen LogP contribution >= 0.6 is 113 Å². The normalized spacial score (nSPS) is 16.1. The predicted molar refractivity (Wildman–Crippen MR) is 402 cm³/mol. The molecular weight excluding hydrogens is 1370 g/mol. The highest BCUT2D eigenvalue weighted by Gasteiger charge is 2.50. The molecule has 3 amide bonds. The van der Waals surface area contributed by atoms with E-state index in [1.807, 2.05) is 0 Å². The van der Waals surface area contributed by atoms with E-state index in [9.17, 15) is 9.59 Å². The zero-order chi connectivity index (χ0) is 62.4. The Morgan fingerprint density at radius 2 is 0.775 bits per heavy atom. The van der Waals surface area contributed by atoms with Gasteiger partial charge < -0.3 is 15.1 Å². The summed E-state index contributed by atoms with van der Waals surface area (Å²) in [5.74, 6) is 1.83. The summed E-state index contributed by atoms with van der Waals surface area (Å²) in [5, 5.41) is 11.4. The lowest BCUT2D eigenvalue weighted by molar-refractivity contribution is -0.124. The maximum atomic E-state index is 15.1. The van der Waals surface area contributed by atoms with Crippen LogP contribution < -0.4 is 5.32 Å². The van der Waals surface area contributed by atoms with E-state index in [1.54, 1.807) is 90.7 Å². The smallest absolute Gasteiger partial charge is 0.261 e. The number of hydrogen-bond acceptors (Lipinski definition) is 12. The number of Topliss-reactive ketones (excluding diaryl/α,β-unsaturated/α-hetero) is 1.